The summed E-state index contributed by atoms with van der Waals surface area (Å²) >= 11 is 3.11. The Balaban J connectivity index is 2.79. The lowest BCUT2D eigenvalue weighted by molar-refractivity contribution is -0.136. The van der Waals surface area contributed by atoms with Crippen LogP contribution in [0.4, 0.5) is 0 Å². The van der Waals surface area contributed by atoms with Crippen molar-refractivity contribution in [3.05, 3.63) is 22.7 Å². The molecule has 4 nitrogen and oxygen atoms in total. The summed E-state index contributed by atoms with van der Waals surface area (Å²) in [7, 11) is 0. The Kier molecular flexibility index (Phi) is 2.53. The number of aliphatic carboxylic acids is 1. The van der Waals surface area contributed by atoms with Crippen LogP contribution in [-0.2, 0) is 11.2 Å². The molecule has 0 atom stereocenters. The van der Waals surface area contributed by atoms with Gasteiger partial charge in [0.05, 0.1) is 0 Å². The van der Waals surface area contributed by atoms with E-state index in [9.17, 15) is 4.79 Å². The van der Waals surface area contributed by atoms with Gasteiger partial charge in [-0.05, 0) is 22.0 Å². The number of carboxylic acid groups (broad SMARTS) is 1. The first-order valence-electron chi connectivity index (χ1n) is 2.87. The predicted molar refractivity (Wildman–Crippen MR) is 41.1 cm³/mol. The van der Waals surface area contributed by atoms with Crippen LogP contribution in [0.25, 0.3) is 0 Å². The van der Waals surface area contributed by atoms with E-state index in [1.807, 2.05) is 0 Å². The van der Waals surface area contributed by atoms with Gasteiger partial charge in [0.15, 0.2) is 0 Å². The van der Waals surface area contributed by atoms with Gasteiger partial charge in [0.1, 0.15) is 16.8 Å². The van der Waals surface area contributed by atoms with Gasteiger partial charge in [-0.15, -0.1) is 0 Å². The summed E-state index contributed by atoms with van der Waals surface area (Å²) in [4.78, 5) is 17.8. The van der Waals surface area contributed by atoms with E-state index in [0.717, 1.165) is 0 Å². The first-order chi connectivity index (χ1) is 5.18. The molecule has 11 heavy (non-hydrogen) atoms. The highest BCUT2D eigenvalue weighted by molar-refractivity contribution is 9.10. The maximum absolute atomic E-state index is 10.2. The molecule has 0 fully saturated rings. The quantitative estimate of drug-likeness (QED) is 0.746. The van der Waals surface area contributed by atoms with Crippen LogP contribution >= 0.6 is 15.9 Å². The lowest BCUT2D eigenvalue weighted by Crippen LogP contribution is -2.04. The Morgan fingerprint density at radius 1 is 1.73 bits per heavy atom. The Morgan fingerprint density at radius 3 is 3.00 bits per heavy atom. The van der Waals surface area contributed by atoms with Crippen molar-refractivity contribution in [2.24, 2.45) is 0 Å². The zero-order valence-corrected chi connectivity index (χ0v) is 7.08. The van der Waals surface area contributed by atoms with E-state index in [4.69, 9.17) is 5.11 Å². The van der Waals surface area contributed by atoms with E-state index >= 15 is 0 Å². The standard InChI is InChI=1S/C6H5BrN2O2/c7-4-1-2-8-5(9-4)3-6(10)11/h1-2H,3H2,(H,10,11). The van der Waals surface area contributed by atoms with Gasteiger partial charge in [-0.2, -0.15) is 0 Å². The third-order valence-electron chi connectivity index (χ3n) is 0.981. The van der Waals surface area contributed by atoms with Crippen molar-refractivity contribution in [2.45, 2.75) is 6.42 Å². The van der Waals surface area contributed by atoms with Gasteiger partial charge >= 0.3 is 5.97 Å². The molecular weight excluding hydrogens is 212 g/mol. The molecule has 0 saturated heterocycles. The number of hydrogen-bond donors (Lipinski definition) is 1. The zero-order chi connectivity index (χ0) is 8.27. The number of aromatic nitrogens is 2. The highest BCUT2D eigenvalue weighted by Crippen LogP contribution is 2.03. The summed E-state index contributed by atoms with van der Waals surface area (Å²) in [6.07, 6.45) is 1.37. The topological polar surface area (TPSA) is 63.1 Å². The van der Waals surface area contributed by atoms with Crippen LogP contribution in [0.15, 0.2) is 16.9 Å². The van der Waals surface area contributed by atoms with Crippen LogP contribution in [0.2, 0.25) is 0 Å². The summed E-state index contributed by atoms with van der Waals surface area (Å²) in [6, 6.07) is 1.64. The second-order valence-electron chi connectivity index (χ2n) is 1.87. The molecule has 0 unspecified atom stereocenters. The molecule has 1 heterocycles. The molecule has 0 aliphatic heterocycles. The molecule has 0 aliphatic carbocycles. The summed E-state index contributed by atoms with van der Waals surface area (Å²) < 4.78 is 0.601. The summed E-state index contributed by atoms with van der Waals surface area (Å²) in [5, 5.41) is 8.36. The predicted octanol–water partition coefficient (Wildman–Crippen LogP) is 0.866. The van der Waals surface area contributed by atoms with Gasteiger partial charge in [-0.1, -0.05) is 0 Å². The van der Waals surface area contributed by atoms with Crippen molar-refractivity contribution in [3.8, 4) is 0 Å². The largest absolute Gasteiger partial charge is 0.481 e. The monoisotopic (exact) mass is 216 g/mol. The number of carbonyl (C=O) groups is 1. The van der Waals surface area contributed by atoms with E-state index in [-0.39, 0.29) is 6.42 Å². The van der Waals surface area contributed by atoms with Crippen molar-refractivity contribution in [3.63, 3.8) is 0 Å². The molecule has 1 aromatic rings. The fraction of sp³-hybridized carbons (Fsp3) is 0.167. The molecule has 5 heteroatoms. The second kappa shape index (κ2) is 3.43. The Bertz CT molecular complexity index is 277. The maximum atomic E-state index is 10.2. The Labute approximate surface area is 71.4 Å². The lowest BCUT2D eigenvalue weighted by atomic mass is 10.4. The molecule has 0 saturated carbocycles. The van der Waals surface area contributed by atoms with Gasteiger partial charge in [0.25, 0.3) is 0 Å². The van der Waals surface area contributed by atoms with Crippen LogP contribution in [0.5, 0.6) is 0 Å². The highest BCUT2D eigenvalue weighted by Gasteiger charge is 2.02. The van der Waals surface area contributed by atoms with Gasteiger partial charge in [0.2, 0.25) is 0 Å². The fourth-order valence-corrected chi connectivity index (χ4v) is 0.918. The van der Waals surface area contributed by atoms with Crippen LogP contribution < -0.4 is 0 Å². The van der Waals surface area contributed by atoms with Gasteiger partial charge < -0.3 is 5.11 Å². The van der Waals surface area contributed by atoms with E-state index in [2.05, 4.69) is 25.9 Å². The SMILES string of the molecule is O=C(O)Cc1nccc(Br)n1. The first-order valence-corrected chi connectivity index (χ1v) is 3.67. The molecule has 0 bridgehead atoms. The Morgan fingerprint density at radius 2 is 2.45 bits per heavy atom. The molecule has 1 rings (SSSR count). The summed E-state index contributed by atoms with van der Waals surface area (Å²) in [5.41, 5.74) is 0. The Hall–Kier alpha value is -0.970. The molecule has 0 aromatic carbocycles. The van der Waals surface area contributed by atoms with Crippen molar-refractivity contribution in [2.75, 3.05) is 0 Å². The minimum Gasteiger partial charge on any atom is -0.481 e. The highest BCUT2D eigenvalue weighted by atomic mass is 79.9. The number of rotatable bonds is 2. The third kappa shape index (κ3) is 2.63. The minimum atomic E-state index is -0.928. The number of halogens is 1. The number of nitrogens with zero attached hydrogens (tertiary/aromatic N) is 2. The lowest BCUT2D eigenvalue weighted by Gasteiger charge is -1.93. The summed E-state index contributed by atoms with van der Waals surface area (Å²) in [6.45, 7) is 0. The number of carboxylic acids is 1. The molecule has 0 amide bonds. The normalized spacial score (nSPS) is 9.55. The minimum absolute atomic E-state index is 0.139. The van der Waals surface area contributed by atoms with E-state index in [1.54, 1.807) is 6.07 Å². The van der Waals surface area contributed by atoms with Crippen LogP contribution in [0, 0.1) is 0 Å². The molecule has 1 N–H and O–H groups in total. The smallest absolute Gasteiger partial charge is 0.311 e. The molecule has 58 valence electrons. The van der Waals surface area contributed by atoms with Crippen molar-refractivity contribution < 1.29 is 9.90 Å². The van der Waals surface area contributed by atoms with Gasteiger partial charge in [-0.25, -0.2) is 9.97 Å². The van der Waals surface area contributed by atoms with Gasteiger partial charge in [-0.3, -0.25) is 4.79 Å². The van der Waals surface area contributed by atoms with Crippen LogP contribution in [0.3, 0.4) is 0 Å². The van der Waals surface area contributed by atoms with Crippen molar-refractivity contribution in [1.82, 2.24) is 9.97 Å². The van der Waals surface area contributed by atoms with Crippen molar-refractivity contribution in [1.29, 1.82) is 0 Å². The molecule has 0 aliphatic rings. The third-order valence-corrected chi connectivity index (χ3v) is 1.42. The van der Waals surface area contributed by atoms with Gasteiger partial charge in [0, 0.05) is 6.20 Å². The maximum Gasteiger partial charge on any atom is 0.311 e. The number of hydrogen-bond acceptors (Lipinski definition) is 3. The van der Waals surface area contributed by atoms with E-state index < -0.39 is 5.97 Å². The second-order valence-corrected chi connectivity index (χ2v) is 2.68. The molecular formula is C6H5BrN2O2. The van der Waals surface area contributed by atoms with E-state index in [1.165, 1.54) is 6.20 Å². The average Bonchev–Trinajstić information content (AvgIpc) is 1.85. The average molecular weight is 217 g/mol. The van der Waals surface area contributed by atoms with Crippen LogP contribution in [-0.4, -0.2) is 21.0 Å². The van der Waals surface area contributed by atoms with Crippen LogP contribution in [0.1, 0.15) is 5.82 Å². The fourth-order valence-electron chi connectivity index (χ4n) is 0.595. The molecule has 0 radical (unpaired) electrons. The first kappa shape index (κ1) is 8.13. The van der Waals surface area contributed by atoms with Crippen molar-refractivity contribution >= 4 is 21.9 Å². The zero-order valence-electron chi connectivity index (χ0n) is 5.49. The molecule has 1 aromatic heterocycles. The molecule has 0 spiro atoms. The summed E-state index contributed by atoms with van der Waals surface area (Å²) in [5.74, 6) is -0.616. The van der Waals surface area contributed by atoms with E-state index in [0.29, 0.717) is 10.4 Å².